The van der Waals surface area contributed by atoms with Gasteiger partial charge in [0.25, 0.3) is 0 Å². The third-order valence-electron chi connectivity index (χ3n) is 3.73. The van der Waals surface area contributed by atoms with Crippen molar-refractivity contribution in [1.29, 1.82) is 0 Å². The van der Waals surface area contributed by atoms with Crippen molar-refractivity contribution in [3.63, 3.8) is 0 Å². The highest BCUT2D eigenvalue weighted by Gasteiger charge is 2.14. The molecular weight excluding hydrogens is 403 g/mol. The number of rotatable bonds is 8. The maximum Gasteiger partial charge on any atom is 0.234 e. The molecule has 0 saturated heterocycles. The SMILES string of the molecule is CCn1c(COc2ccc(Cl)cc2)nnc1SCC(=O)Nc1cccc(F)c1. The topological polar surface area (TPSA) is 69.0 Å². The number of hydrogen-bond acceptors (Lipinski definition) is 5. The van der Waals surface area contributed by atoms with E-state index in [1.165, 1.54) is 23.9 Å². The van der Waals surface area contributed by atoms with Gasteiger partial charge in [0.05, 0.1) is 5.75 Å². The Labute approximate surface area is 171 Å². The van der Waals surface area contributed by atoms with Gasteiger partial charge < -0.3 is 14.6 Å². The molecular formula is C19H18ClFN4O2S. The van der Waals surface area contributed by atoms with Crippen molar-refractivity contribution in [3.8, 4) is 5.75 Å². The summed E-state index contributed by atoms with van der Waals surface area (Å²) in [6.07, 6.45) is 0. The van der Waals surface area contributed by atoms with E-state index in [0.717, 1.165) is 0 Å². The second-order valence-electron chi connectivity index (χ2n) is 5.73. The van der Waals surface area contributed by atoms with Crippen LogP contribution < -0.4 is 10.1 Å². The lowest BCUT2D eigenvalue weighted by atomic mass is 10.3. The van der Waals surface area contributed by atoms with Crippen LogP contribution in [0.25, 0.3) is 0 Å². The molecule has 3 aromatic rings. The van der Waals surface area contributed by atoms with E-state index in [9.17, 15) is 9.18 Å². The van der Waals surface area contributed by atoms with Crippen LogP contribution in [0, 0.1) is 5.82 Å². The molecule has 9 heteroatoms. The molecule has 28 heavy (non-hydrogen) atoms. The van der Waals surface area contributed by atoms with Gasteiger partial charge in [0.2, 0.25) is 5.91 Å². The first-order chi connectivity index (χ1) is 13.5. The van der Waals surface area contributed by atoms with E-state index in [1.54, 1.807) is 36.4 Å². The van der Waals surface area contributed by atoms with Crippen LogP contribution >= 0.6 is 23.4 Å². The first-order valence-electron chi connectivity index (χ1n) is 8.54. The minimum atomic E-state index is -0.401. The number of anilines is 1. The maximum absolute atomic E-state index is 13.2. The number of carbonyl (C=O) groups excluding carboxylic acids is 1. The molecule has 0 fully saturated rings. The highest BCUT2D eigenvalue weighted by molar-refractivity contribution is 7.99. The molecule has 0 atom stereocenters. The lowest BCUT2D eigenvalue weighted by Gasteiger charge is -2.09. The highest BCUT2D eigenvalue weighted by atomic mass is 35.5. The molecule has 3 rings (SSSR count). The van der Waals surface area contributed by atoms with Gasteiger partial charge in [0.15, 0.2) is 11.0 Å². The van der Waals surface area contributed by atoms with Gasteiger partial charge >= 0.3 is 0 Å². The van der Waals surface area contributed by atoms with Gasteiger partial charge in [-0.1, -0.05) is 29.4 Å². The Morgan fingerprint density at radius 2 is 2.04 bits per heavy atom. The molecule has 1 aromatic heterocycles. The van der Waals surface area contributed by atoms with Gasteiger partial charge in [0, 0.05) is 17.3 Å². The minimum Gasteiger partial charge on any atom is -0.486 e. The molecule has 2 aromatic carbocycles. The first-order valence-corrected chi connectivity index (χ1v) is 9.90. The zero-order valence-electron chi connectivity index (χ0n) is 15.1. The van der Waals surface area contributed by atoms with Crippen molar-refractivity contribution in [3.05, 3.63) is 65.2 Å². The highest BCUT2D eigenvalue weighted by Crippen LogP contribution is 2.20. The third kappa shape index (κ3) is 5.46. The third-order valence-corrected chi connectivity index (χ3v) is 4.95. The Morgan fingerprint density at radius 1 is 1.25 bits per heavy atom. The van der Waals surface area contributed by atoms with Crippen molar-refractivity contribution < 1.29 is 13.9 Å². The fraction of sp³-hybridized carbons (Fsp3) is 0.211. The Kier molecular flexibility index (Phi) is 6.89. The molecule has 0 radical (unpaired) electrons. The Balaban J connectivity index is 1.57. The number of carbonyl (C=O) groups is 1. The van der Waals surface area contributed by atoms with Crippen LogP contribution in [-0.4, -0.2) is 26.4 Å². The van der Waals surface area contributed by atoms with Crippen LogP contribution in [0.3, 0.4) is 0 Å². The largest absolute Gasteiger partial charge is 0.486 e. The quantitative estimate of drug-likeness (QED) is 0.547. The molecule has 0 spiro atoms. The summed E-state index contributed by atoms with van der Waals surface area (Å²) in [4.78, 5) is 12.1. The molecule has 6 nitrogen and oxygen atoms in total. The average molecular weight is 421 g/mol. The van der Waals surface area contributed by atoms with Crippen LogP contribution in [0.5, 0.6) is 5.75 Å². The molecule has 0 unspecified atom stereocenters. The number of nitrogens with one attached hydrogen (secondary N) is 1. The monoisotopic (exact) mass is 420 g/mol. The molecule has 146 valence electrons. The van der Waals surface area contributed by atoms with Crippen LogP contribution in [0.15, 0.2) is 53.7 Å². The van der Waals surface area contributed by atoms with E-state index < -0.39 is 5.82 Å². The number of ether oxygens (including phenoxy) is 1. The number of aromatic nitrogens is 3. The lowest BCUT2D eigenvalue weighted by Crippen LogP contribution is -2.15. The standard InChI is InChI=1S/C19H18ClFN4O2S/c1-2-25-17(11-27-16-8-6-13(20)7-9-16)23-24-19(25)28-12-18(26)22-15-5-3-4-14(21)10-15/h3-10H,2,11-12H2,1H3,(H,22,26). The molecule has 0 aliphatic rings. The minimum absolute atomic E-state index is 0.132. The zero-order valence-corrected chi connectivity index (χ0v) is 16.6. The summed E-state index contributed by atoms with van der Waals surface area (Å²) in [5.74, 6) is 0.818. The molecule has 1 N–H and O–H groups in total. The van der Waals surface area contributed by atoms with Crippen molar-refractivity contribution in [2.75, 3.05) is 11.1 Å². The number of benzene rings is 2. The normalized spacial score (nSPS) is 10.7. The molecule has 1 amide bonds. The smallest absolute Gasteiger partial charge is 0.234 e. The van der Waals surface area contributed by atoms with Gasteiger partial charge in [-0.15, -0.1) is 10.2 Å². The van der Waals surface area contributed by atoms with E-state index >= 15 is 0 Å². The lowest BCUT2D eigenvalue weighted by molar-refractivity contribution is -0.113. The first kappa shape index (κ1) is 20.2. The molecule has 0 bridgehead atoms. The summed E-state index contributed by atoms with van der Waals surface area (Å²) >= 11 is 7.12. The second kappa shape index (κ2) is 9.57. The van der Waals surface area contributed by atoms with E-state index in [2.05, 4.69) is 15.5 Å². The van der Waals surface area contributed by atoms with E-state index in [4.69, 9.17) is 16.3 Å². The summed E-state index contributed by atoms with van der Waals surface area (Å²) in [6, 6.07) is 12.8. The van der Waals surface area contributed by atoms with Crippen molar-refractivity contribution in [2.45, 2.75) is 25.2 Å². The Morgan fingerprint density at radius 3 is 2.75 bits per heavy atom. The van der Waals surface area contributed by atoms with Gasteiger partial charge in [-0.05, 0) is 49.4 Å². The number of hydrogen-bond donors (Lipinski definition) is 1. The summed E-state index contributed by atoms with van der Waals surface area (Å²) in [6.45, 7) is 2.85. The van der Waals surface area contributed by atoms with Crippen LogP contribution in [0.2, 0.25) is 5.02 Å². The number of nitrogens with zero attached hydrogens (tertiary/aromatic N) is 3. The average Bonchev–Trinajstić information content (AvgIpc) is 3.08. The predicted octanol–water partition coefficient (Wildman–Crippen LogP) is 4.40. The Bertz CT molecular complexity index is 949. The molecule has 0 aliphatic heterocycles. The second-order valence-corrected chi connectivity index (χ2v) is 7.11. The number of thioether (sulfide) groups is 1. The van der Waals surface area contributed by atoms with Crippen molar-refractivity contribution >= 4 is 35.0 Å². The molecule has 0 saturated carbocycles. The number of halogens is 2. The number of amides is 1. The fourth-order valence-corrected chi connectivity index (χ4v) is 3.37. The van der Waals surface area contributed by atoms with Gasteiger partial charge in [-0.3, -0.25) is 4.79 Å². The molecule has 1 heterocycles. The van der Waals surface area contributed by atoms with E-state index in [-0.39, 0.29) is 18.3 Å². The van der Waals surface area contributed by atoms with Crippen molar-refractivity contribution in [1.82, 2.24) is 14.8 Å². The predicted molar refractivity (Wildman–Crippen MR) is 107 cm³/mol. The summed E-state index contributed by atoms with van der Waals surface area (Å²) in [5, 5.41) is 12.2. The van der Waals surface area contributed by atoms with E-state index in [0.29, 0.717) is 34.0 Å². The van der Waals surface area contributed by atoms with Crippen molar-refractivity contribution in [2.24, 2.45) is 0 Å². The summed E-state index contributed by atoms with van der Waals surface area (Å²) < 4.78 is 20.8. The zero-order chi connectivity index (χ0) is 19.9. The summed E-state index contributed by atoms with van der Waals surface area (Å²) in [5.41, 5.74) is 0.416. The maximum atomic E-state index is 13.2. The fourth-order valence-electron chi connectivity index (χ4n) is 2.42. The van der Waals surface area contributed by atoms with Crippen LogP contribution in [0.1, 0.15) is 12.7 Å². The van der Waals surface area contributed by atoms with Gasteiger partial charge in [-0.2, -0.15) is 0 Å². The molecule has 0 aliphatic carbocycles. The van der Waals surface area contributed by atoms with Crippen LogP contribution in [-0.2, 0) is 17.9 Å². The van der Waals surface area contributed by atoms with Gasteiger partial charge in [-0.25, -0.2) is 4.39 Å². The van der Waals surface area contributed by atoms with E-state index in [1.807, 2.05) is 11.5 Å². The van der Waals surface area contributed by atoms with Gasteiger partial charge in [0.1, 0.15) is 18.2 Å². The Hall–Kier alpha value is -2.58. The summed E-state index contributed by atoms with van der Waals surface area (Å²) in [7, 11) is 0. The van der Waals surface area contributed by atoms with Crippen LogP contribution in [0.4, 0.5) is 10.1 Å².